The number of benzene rings is 1. The molecule has 0 amide bonds. The Balaban J connectivity index is 2.71. The van der Waals surface area contributed by atoms with Crippen LogP contribution >= 0.6 is 0 Å². The molecule has 0 aliphatic heterocycles. The lowest BCUT2D eigenvalue weighted by Crippen LogP contribution is -2.12. The van der Waals surface area contributed by atoms with Crippen LogP contribution in [0.5, 0.6) is 0 Å². The zero-order chi connectivity index (χ0) is 18.3. The van der Waals surface area contributed by atoms with Crippen LogP contribution in [-0.4, -0.2) is 0 Å². The Kier molecular flexibility index (Phi) is 8.00. The minimum absolute atomic E-state index is 0.435. The van der Waals surface area contributed by atoms with Crippen LogP contribution in [0, 0.1) is 11.3 Å². The van der Waals surface area contributed by atoms with Crippen LogP contribution in [-0.2, 0) is 0 Å². The third-order valence-corrected chi connectivity index (χ3v) is 5.39. The molecule has 134 valence electrons. The molecule has 2 atom stereocenters. The van der Waals surface area contributed by atoms with Gasteiger partial charge in [-0.2, -0.15) is 0 Å². The molecule has 0 saturated heterocycles. The molecular formula is C24H38. The molecule has 1 aromatic rings. The maximum atomic E-state index is 4.05. The van der Waals surface area contributed by atoms with Gasteiger partial charge in [0.25, 0.3) is 0 Å². The molecule has 2 unspecified atom stereocenters. The Bertz CT molecular complexity index is 542. The van der Waals surface area contributed by atoms with E-state index in [9.17, 15) is 0 Å². The quantitative estimate of drug-likeness (QED) is 0.403. The Morgan fingerprint density at radius 1 is 1.08 bits per heavy atom. The zero-order valence-electron chi connectivity index (χ0n) is 17.1. The van der Waals surface area contributed by atoms with Crippen LogP contribution in [0.4, 0.5) is 0 Å². The van der Waals surface area contributed by atoms with E-state index in [0.29, 0.717) is 17.3 Å². The van der Waals surface area contributed by atoms with Gasteiger partial charge in [-0.25, -0.2) is 0 Å². The maximum absolute atomic E-state index is 4.05. The Morgan fingerprint density at radius 2 is 1.67 bits per heavy atom. The topological polar surface area (TPSA) is 0 Å². The van der Waals surface area contributed by atoms with Crippen LogP contribution in [0.1, 0.15) is 91.2 Å². The van der Waals surface area contributed by atoms with E-state index in [1.165, 1.54) is 48.0 Å². The van der Waals surface area contributed by atoms with Crippen molar-refractivity contribution < 1.29 is 0 Å². The molecule has 0 spiro atoms. The highest BCUT2D eigenvalue weighted by atomic mass is 14.2. The second kappa shape index (κ2) is 9.25. The second-order valence-electron chi connectivity index (χ2n) is 8.46. The third kappa shape index (κ3) is 6.67. The highest BCUT2D eigenvalue weighted by molar-refractivity contribution is 5.64. The Labute approximate surface area is 151 Å². The van der Waals surface area contributed by atoms with Crippen LogP contribution in [0.3, 0.4) is 0 Å². The first-order chi connectivity index (χ1) is 11.2. The monoisotopic (exact) mass is 326 g/mol. The molecule has 0 heteroatoms. The van der Waals surface area contributed by atoms with Gasteiger partial charge in [0.1, 0.15) is 0 Å². The number of allylic oxidation sites excluding steroid dienone is 3. The van der Waals surface area contributed by atoms with Crippen LogP contribution in [0.2, 0.25) is 0 Å². The van der Waals surface area contributed by atoms with Gasteiger partial charge in [0, 0.05) is 0 Å². The van der Waals surface area contributed by atoms with Gasteiger partial charge in [-0.1, -0.05) is 83.5 Å². The van der Waals surface area contributed by atoms with E-state index < -0.39 is 0 Å². The fourth-order valence-corrected chi connectivity index (χ4v) is 3.26. The van der Waals surface area contributed by atoms with Crippen LogP contribution in [0.25, 0.3) is 5.57 Å². The standard InChI is InChI=1S/C24H38/c1-9-15-24(7,8)16-14-19(4)22-10-12-23(13-11-22)21(6)17-20(5)18(2)3/h10-13,17,19-20H,2,9,14-16H2,1,3-8H3/b21-17+. The molecule has 0 bridgehead atoms. The van der Waals surface area contributed by atoms with E-state index in [0.717, 1.165) is 0 Å². The predicted molar refractivity (Wildman–Crippen MR) is 110 cm³/mol. The molecule has 0 nitrogen and oxygen atoms in total. The molecule has 24 heavy (non-hydrogen) atoms. The average molecular weight is 327 g/mol. The van der Waals surface area contributed by atoms with Crippen molar-refractivity contribution >= 4 is 5.57 Å². The van der Waals surface area contributed by atoms with Crippen molar-refractivity contribution in [1.82, 2.24) is 0 Å². The van der Waals surface area contributed by atoms with Crippen molar-refractivity contribution in [3.05, 3.63) is 53.6 Å². The van der Waals surface area contributed by atoms with Crippen molar-refractivity contribution in [2.45, 2.75) is 80.1 Å². The van der Waals surface area contributed by atoms with E-state index in [1.807, 2.05) is 0 Å². The summed E-state index contributed by atoms with van der Waals surface area (Å²) in [6, 6.07) is 9.19. The zero-order valence-corrected chi connectivity index (χ0v) is 17.1. The van der Waals surface area contributed by atoms with E-state index in [-0.39, 0.29) is 0 Å². The summed E-state index contributed by atoms with van der Waals surface area (Å²) < 4.78 is 0. The largest absolute Gasteiger partial charge is 0.0996 e. The van der Waals surface area contributed by atoms with Crippen molar-refractivity contribution in [3.8, 4) is 0 Å². The van der Waals surface area contributed by atoms with E-state index in [2.05, 4.69) is 85.4 Å². The highest BCUT2D eigenvalue weighted by Gasteiger charge is 2.18. The highest BCUT2D eigenvalue weighted by Crippen LogP contribution is 2.33. The minimum Gasteiger partial charge on any atom is -0.0996 e. The fraction of sp³-hybridized carbons (Fsp3) is 0.583. The molecule has 1 aromatic carbocycles. The van der Waals surface area contributed by atoms with Gasteiger partial charge in [0.2, 0.25) is 0 Å². The summed E-state index contributed by atoms with van der Waals surface area (Å²) in [5.74, 6) is 1.07. The molecule has 1 rings (SSSR count). The summed E-state index contributed by atoms with van der Waals surface area (Å²) in [7, 11) is 0. The van der Waals surface area contributed by atoms with Crippen molar-refractivity contribution in [2.75, 3.05) is 0 Å². The molecule has 0 N–H and O–H groups in total. The molecule has 0 aliphatic carbocycles. The maximum Gasteiger partial charge on any atom is -0.00512 e. The lowest BCUT2D eigenvalue weighted by Gasteiger charge is -2.26. The number of rotatable bonds is 9. The fourth-order valence-electron chi connectivity index (χ4n) is 3.26. The summed E-state index contributed by atoms with van der Waals surface area (Å²) in [4.78, 5) is 0. The molecule has 0 aliphatic rings. The summed E-state index contributed by atoms with van der Waals surface area (Å²) >= 11 is 0. The van der Waals surface area contributed by atoms with Crippen LogP contribution in [0.15, 0.2) is 42.5 Å². The summed E-state index contributed by atoms with van der Waals surface area (Å²) in [5, 5.41) is 0. The van der Waals surface area contributed by atoms with E-state index in [4.69, 9.17) is 0 Å². The van der Waals surface area contributed by atoms with Gasteiger partial charge in [-0.05, 0) is 67.1 Å². The minimum atomic E-state index is 0.435. The Morgan fingerprint density at radius 3 is 2.17 bits per heavy atom. The summed E-state index contributed by atoms with van der Waals surface area (Å²) in [5.41, 5.74) is 5.82. The predicted octanol–water partition coefficient (Wildman–Crippen LogP) is 8.01. The lowest BCUT2D eigenvalue weighted by atomic mass is 9.80. The summed E-state index contributed by atoms with van der Waals surface area (Å²) in [6.45, 7) is 20.0. The van der Waals surface area contributed by atoms with Gasteiger partial charge in [-0.3, -0.25) is 0 Å². The van der Waals surface area contributed by atoms with Gasteiger partial charge in [-0.15, -0.1) is 0 Å². The SMILES string of the molecule is C=C(C)C(C)/C=C(\C)c1ccc(C(C)CCC(C)(C)CCC)cc1. The molecule has 0 radical (unpaired) electrons. The van der Waals surface area contributed by atoms with Gasteiger partial charge < -0.3 is 0 Å². The van der Waals surface area contributed by atoms with Gasteiger partial charge in [0.05, 0.1) is 0 Å². The molecule has 0 saturated carbocycles. The normalized spacial score (nSPS) is 15.2. The van der Waals surface area contributed by atoms with E-state index in [1.54, 1.807) is 0 Å². The van der Waals surface area contributed by atoms with E-state index >= 15 is 0 Å². The number of hydrogen-bond acceptors (Lipinski definition) is 0. The van der Waals surface area contributed by atoms with Crippen molar-refractivity contribution in [1.29, 1.82) is 0 Å². The molecule has 0 heterocycles. The first-order valence-corrected chi connectivity index (χ1v) is 9.60. The first-order valence-electron chi connectivity index (χ1n) is 9.60. The first kappa shape index (κ1) is 20.7. The third-order valence-electron chi connectivity index (χ3n) is 5.39. The van der Waals surface area contributed by atoms with Crippen LogP contribution < -0.4 is 0 Å². The summed E-state index contributed by atoms with van der Waals surface area (Å²) in [6.07, 6.45) is 7.49. The Hall–Kier alpha value is -1.30. The van der Waals surface area contributed by atoms with Crippen molar-refractivity contribution in [2.24, 2.45) is 11.3 Å². The number of hydrogen-bond donors (Lipinski definition) is 0. The molecular weight excluding hydrogens is 288 g/mol. The average Bonchev–Trinajstić information content (AvgIpc) is 2.52. The van der Waals surface area contributed by atoms with Gasteiger partial charge in [0.15, 0.2) is 0 Å². The molecule has 0 fully saturated rings. The molecule has 0 aromatic heterocycles. The van der Waals surface area contributed by atoms with Gasteiger partial charge >= 0.3 is 0 Å². The van der Waals surface area contributed by atoms with Crippen molar-refractivity contribution in [3.63, 3.8) is 0 Å². The lowest BCUT2D eigenvalue weighted by molar-refractivity contribution is 0.288. The second-order valence-corrected chi connectivity index (χ2v) is 8.46. The smallest absolute Gasteiger partial charge is 0.00512 e.